The van der Waals surface area contributed by atoms with Crippen LogP contribution in [0, 0.1) is 13.8 Å². The summed E-state index contributed by atoms with van der Waals surface area (Å²) in [6, 6.07) is 0.575. The van der Waals surface area contributed by atoms with Gasteiger partial charge >= 0.3 is 5.97 Å². The van der Waals surface area contributed by atoms with E-state index in [1.807, 2.05) is 0 Å². The number of carbonyl (C=O) groups is 1. The van der Waals surface area contributed by atoms with E-state index in [9.17, 15) is 18.0 Å². The van der Waals surface area contributed by atoms with Crippen molar-refractivity contribution in [3.05, 3.63) is 44.7 Å². The molecule has 0 saturated carbocycles. The maximum Gasteiger partial charge on any atom is 0.337 e. The molecule has 0 bridgehead atoms. The fourth-order valence-electron chi connectivity index (χ4n) is 2.35. The summed E-state index contributed by atoms with van der Waals surface area (Å²) in [4.78, 5) is 23.2. The van der Waals surface area contributed by atoms with Crippen LogP contribution in [-0.4, -0.2) is 29.8 Å². The normalized spacial score (nSPS) is 20.6. The SMILES string of the molecule is Cc1cc(=O)n(C2C=CS(=O)(=O)C2)c(C)c1C(=O)O. The van der Waals surface area contributed by atoms with Crippen molar-refractivity contribution in [2.24, 2.45) is 0 Å². The molecular weight excluding hydrogens is 270 g/mol. The Morgan fingerprint density at radius 3 is 2.53 bits per heavy atom. The van der Waals surface area contributed by atoms with E-state index < -0.39 is 27.4 Å². The van der Waals surface area contributed by atoms with Gasteiger partial charge in [-0.1, -0.05) is 0 Å². The van der Waals surface area contributed by atoms with Gasteiger partial charge in [0.2, 0.25) is 0 Å². The lowest BCUT2D eigenvalue weighted by Gasteiger charge is -2.17. The predicted octanol–water partition coefficient (Wildman–Crippen LogP) is 0.647. The van der Waals surface area contributed by atoms with E-state index in [2.05, 4.69) is 0 Å². The van der Waals surface area contributed by atoms with Gasteiger partial charge in [0.25, 0.3) is 5.56 Å². The molecule has 0 aliphatic carbocycles. The van der Waals surface area contributed by atoms with Gasteiger partial charge in [-0.3, -0.25) is 4.79 Å². The minimum atomic E-state index is -3.31. The molecule has 7 heteroatoms. The molecule has 6 nitrogen and oxygen atoms in total. The highest BCUT2D eigenvalue weighted by Gasteiger charge is 2.27. The first-order valence-electron chi connectivity index (χ1n) is 5.60. The Balaban J connectivity index is 2.66. The molecule has 1 aromatic heterocycles. The molecular formula is C12H13NO5S. The molecule has 1 unspecified atom stereocenters. The summed E-state index contributed by atoms with van der Waals surface area (Å²) >= 11 is 0. The number of nitrogens with zero attached hydrogens (tertiary/aromatic N) is 1. The molecule has 0 aromatic carbocycles. The highest BCUT2D eigenvalue weighted by molar-refractivity contribution is 7.94. The maximum atomic E-state index is 12.0. The average molecular weight is 283 g/mol. The summed E-state index contributed by atoms with van der Waals surface area (Å²) in [5, 5.41) is 10.2. The molecule has 0 radical (unpaired) electrons. The lowest BCUT2D eigenvalue weighted by molar-refractivity contribution is 0.0694. The highest BCUT2D eigenvalue weighted by atomic mass is 32.2. The molecule has 1 aliphatic heterocycles. The Labute approximate surface area is 109 Å². The molecule has 1 aliphatic rings. The molecule has 2 heterocycles. The third-order valence-electron chi connectivity index (χ3n) is 3.15. The molecule has 102 valence electrons. The number of carboxylic acid groups (broad SMARTS) is 1. The summed E-state index contributed by atoms with van der Waals surface area (Å²) < 4.78 is 24.0. The molecule has 2 rings (SSSR count). The van der Waals surface area contributed by atoms with Crippen LogP contribution in [0.4, 0.5) is 0 Å². The van der Waals surface area contributed by atoms with Gasteiger partial charge in [-0.2, -0.15) is 0 Å². The van der Waals surface area contributed by atoms with Crippen LogP contribution < -0.4 is 5.56 Å². The summed E-state index contributed by atoms with van der Waals surface area (Å²) in [6.45, 7) is 3.06. The predicted molar refractivity (Wildman–Crippen MR) is 69.1 cm³/mol. The molecule has 19 heavy (non-hydrogen) atoms. The maximum absolute atomic E-state index is 12.0. The minimum absolute atomic E-state index is 0.0392. The van der Waals surface area contributed by atoms with Crippen molar-refractivity contribution in [1.82, 2.24) is 4.57 Å². The molecule has 1 aromatic rings. The Kier molecular flexibility index (Phi) is 3.09. The Hall–Kier alpha value is -1.89. The Bertz CT molecular complexity index is 742. The van der Waals surface area contributed by atoms with E-state index in [1.54, 1.807) is 6.92 Å². The molecule has 0 amide bonds. The summed E-state index contributed by atoms with van der Waals surface area (Å²) in [5.41, 5.74) is 0.282. The number of carboxylic acids is 1. The lowest BCUT2D eigenvalue weighted by Crippen LogP contribution is -2.29. The molecule has 0 spiro atoms. The van der Waals surface area contributed by atoms with Crippen molar-refractivity contribution in [3.63, 3.8) is 0 Å². The van der Waals surface area contributed by atoms with Gasteiger partial charge in [-0.25, -0.2) is 13.2 Å². The van der Waals surface area contributed by atoms with Crippen LogP contribution in [0.2, 0.25) is 0 Å². The Morgan fingerprint density at radius 1 is 1.42 bits per heavy atom. The first-order chi connectivity index (χ1) is 8.73. The van der Waals surface area contributed by atoms with Crippen molar-refractivity contribution in [2.75, 3.05) is 5.75 Å². The van der Waals surface area contributed by atoms with E-state index in [4.69, 9.17) is 5.11 Å². The van der Waals surface area contributed by atoms with Crippen molar-refractivity contribution in [3.8, 4) is 0 Å². The van der Waals surface area contributed by atoms with Gasteiger partial charge in [0.05, 0.1) is 17.4 Å². The van der Waals surface area contributed by atoms with Gasteiger partial charge in [-0.05, 0) is 25.5 Å². The minimum Gasteiger partial charge on any atom is -0.478 e. The standard InChI is InChI=1S/C12H13NO5S/c1-7-5-10(14)13(8(2)11(7)12(15)16)9-3-4-19(17,18)6-9/h3-5,9H,6H2,1-2H3,(H,15,16). The van der Waals surface area contributed by atoms with E-state index in [1.165, 1.54) is 23.6 Å². The van der Waals surface area contributed by atoms with Crippen molar-refractivity contribution in [1.29, 1.82) is 0 Å². The largest absolute Gasteiger partial charge is 0.478 e. The van der Waals surface area contributed by atoms with Crippen molar-refractivity contribution in [2.45, 2.75) is 19.9 Å². The van der Waals surface area contributed by atoms with E-state index in [0.717, 1.165) is 5.41 Å². The number of aromatic carboxylic acids is 1. The third-order valence-corrected chi connectivity index (χ3v) is 4.53. The van der Waals surface area contributed by atoms with Crippen LogP contribution in [-0.2, 0) is 9.84 Å². The fourth-order valence-corrected chi connectivity index (χ4v) is 3.62. The van der Waals surface area contributed by atoms with Gasteiger partial charge < -0.3 is 9.67 Å². The van der Waals surface area contributed by atoms with Crippen LogP contribution in [0.25, 0.3) is 0 Å². The lowest BCUT2D eigenvalue weighted by atomic mass is 10.1. The molecule has 1 atom stereocenters. The van der Waals surface area contributed by atoms with Crippen LogP contribution in [0.15, 0.2) is 22.3 Å². The van der Waals surface area contributed by atoms with E-state index in [-0.39, 0.29) is 17.0 Å². The van der Waals surface area contributed by atoms with Gasteiger partial charge in [0.1, 0.15) is 0 Å². The number of hydrogen-bond acceptors (Lipinski definition) is 4. The van der Waals surface area contributed by atoms with Crippen LogP contribution in [0.5, 0.6) is 0 Å². The number of sulfone groups is 1. The second kappa shape index (κ2) is 4.34. The number of allylic oxidation sites excluding steroid dienone is 1. The van der Waals surface area contributed by atoms with Crippen LogP contribution in [0.1, 0.15) is 27.7 Å². The second-order valence-corrected chi connectivity index (χ2v) is 6.46. The number of rotatable bonds is 2. The zero-order valence-electron chi connectivity index (χ0n) is 10.5. The van der Waals surface area contributed by atoms with Gasteiger partial charge in [0, 0.05) is 17.2 Å². The van der Waals surface area contributed by atoms with Gasteiger partial charge in [0.15, 0.2) is 9.84 Å². The van der Waals surface area contributed by atoms with Gasteiger partial charge in [-0.15, -0.1) is 0 Å². The number of aromatic nitrogens is 1. The summed E-state index contributed by atoms with van der Waals surface area (Å²) in [6.07, 6.45) is 1.41. The first kappa shape index (κ1) is 13.5. The topological polar surface area (TPSA) is 93.4 Å². The summed E-state index contributed by atoms with van der Waals surface area (Å²) in [7, 11) is -3.31. The van der Waals surface area contributed by atoms with Crippen molar-refractivity contribution >= 4 is 15.8 Å². The van der Waals surface area contributed by atoms with Crippen LogP contribution >= 0.6 is 0 Å². The molecule has 0 fully saturated rings. The highest BCUT2D eigenvalue weighted by Crippen LogP contribution is 2.22. The summed E-state index contributed by atoms with van der Waals surface area (Å²) in [5.74, 6) is -1.34. The smallest absolute Gasteiger partial charge is 0.337 e. The van der Waals surface area contributed by atoms with Crippen LogP contribution in [0.3, 0.4) is 0 Å². The monoisotopic (exact) mass is 283 g/mol. The second-order valence-electron chi connectivity index (χ2n) is 4.53. The quantitative estimate of drug-likeness (QED) is 0.860. The number of hydrogen-bond donors (Lipinski definition) is 1. The Morgan fingerprint density at radius 2 is 2.05 bits per heavy atom. The number of aryl methyl sites for hydroxylation is 1. The third kappa shape index (κ3) is 2.33. The fraction of sp³-hybridized carbons (Fsp3) is 0.333. The zero-order valence-corrected chi connectivity index (χ0v) is 11.3. The van der Waals surface area contributed by atoms with Crippen molar-refractivity contribution < 1.29 is 18.3 Å². The molecule has 1 N–H and O–H groups in total. The van der Waals surface area contributed by atoms with E-state index in [0.29, 0.717) is 5.56 Å². The van der Waals surface area contributed by atoms with E-state index >= 15 is 0 Å². The molecule has 0 saturated heterocycles. The number of pyridine rings is 1. The average Bonchev–Trinajstić information content (AvgIpc) is 2.57. The first-order valence-corrected chi connectivity index (χ1v) is 7.31. The zero-order chi connectivity index (χ0) is 14.4.